The molecule has 0 saturated heterocycles. The van der Waals surface area contributed by atoms with Crippen molar-refractivity contribution in [1.29, 1.82) is 0 Å². The second kappa shape index (κ2) is 8.67. The quantitative estimate of drug-likeness (QED) is 0.539. The van der Waals surface area contributed by atoms with E-state index in [2.05, 4.69) is 20.8 Å². The van der Waals surface area contributed by atoms with Gasteiger partial charge in [-0.1, -0.05) is 5.16 Å². The molecule has 1 aromatic carbocycles. The zero-order valence-corrected chi connectivity index (χ0v) is 16.2. The lowest BCUT2D eigenvalue weighted by Crippen LogP contribution is -2.33. The predicted molar refractivity (Wildman–Crippen MR) is 106 cm³/mol. The maximum absolute atomic E-state index is 13.3. The Morgan fingerprint density at radius 2 is 2.03 bits per heavy atom. The van der Waals surface area contributed by atoms with Crippen molar-refractivity contribution in [3.63, 3.8) is 0 Å². The number of nitrogens with zero attached hydrogens (tertiary/aromatic N) is 2. The maximum atomic E-state index is 13.3. The van der Waals surface area contributed by atoms with Crippen molar-refractivity contribution in [3.8, 4) is 11.3 Å². The molecule has 1 aliphatic rings. The molecular weight excluding hydrogens is 375 g/mol. The van der Waals surface area contributed by atoms with Crippen LogP contribution in [0.4, 0.5) is 4.39 Å². The summed E-state index contributed by atoms with van der Waals surface area (Å²) in [6, 6.07) is 7.71. The van der Waals surface area contributed by atoms with Crippen LogP contribution in [0.1, 0.15) is 34.8 Å². The Morgan fingerprint density at radius 3 is 2.76 bits per heavy atom. The third-order valence-electron chi connectivity index (χ3n) is 4.89. The number of carbonyl (C=O) groups is 1. The van der Waals surface area contributed by atoms with Crippen molar-refractivity contribution < 1.29 is 18.4 Å². The molecule has 0 aliphatic heterocycles. The Morgan fingerprint density at radius 1 is 1.24 bits per heavy atom. The highest BCUT2D eigenvalue weighted by Crippen LogP contribution is 2.43. The van der Waals surface area contributed by atoms with E-state index in [0.717, 1.165) is 25.1 Å². The Kier molecular flexibility index (Phi) is 5.82. The van der Waals surface area contributed by atoms with Crippen LogP contribution in [-0.4, -0.2) is 49.4 Å². The van der Waals surface area contributed by atoms with E-state index in [1.54, 1.807) is 25.3 Å². The molecule has 3 aromatic rings. The van der Waals surface area contributed by atoms with Gasteiger partial charge < -0.3 is 19.9 Å². The summed E-state index contributed by atoms with van der Waals surface area (Å²) >= 11 is 0. The Hall–Kier alpha value is -2.84. The van der Waals surface area contributed by atoms with Crippen LogP contribution in [0.2, 0.25) is 0 Å². The maximum Gasteiger partial charge on any atom is 0.259 e. The van der Waals surface area contributed by atoms with Crippen LogP contribution in [0, 0.1) is 5.82 Å². The van der Waals surface area contributed by atoms with E-state index in [1.807, 2.05) is 0 Å². The van der Waals surface area contributed by atoms with E-state index in [1.165, 1.54) is 12.1 Å². The van der Waals surface area contributed by atoms with Gasteiger partial charge in [0.1, 0.15) is 5.82 Å². The van der Waals surface area contributed by atoms with Crippen LogP contribution in [-0.2, 0) is 4.74 Å². The van der Waals surface area contributed by atoms with Gasteiger partial charge in [0.25, 0.3) is 11.6 Å². The first kappa shape index (κ1) is 19.5. The summed E-state index contributed by atoms with van der Waals surface area (Å²) in [7, 11) is 1.65. The Labute approximate surface area is 167 Å². The normalized spacial score (nSPS) is 13.7. The number of pyridine rings is 1. The highest BCUT2D eigenvalue weighted by molar-refractivity contribution is 6.07. The van der Waals surface area contributed by atoms with E-state index in [4.69, 9.17) is 9.26 Å². The predicted octanol–water partition coefficient (Wildman–Crippen LogP) is 2.87. The zero-order chi connectivity index (χ0) is 20.2. The number of benzene rings is 1. The van der Waals surface area contributed by atoms with Crippen molar-refractivity contribution in [2.24, 2.45) is 0 Å². The fourth-order valence-electron chi connectivity index (χ4n) is 3.22. The molecule has 0 unspecified atom stereocenters. The highest BCUT2D eigenvalue weighted by Gasteiger charge is 2.32. The molecule has 0 radical (unpaired) electrons. The van der Waals surface area contributed by atoms with Crippen LogP contribution in [0.3, 0.4) is 0 Å². The summed E-state index contributed by atoms with van der Waals surface area (Å²) in [5.74, 6) is -0.221. The second-order valence-corrected chi connectivity index (χ2v) is 7.08. The number of halogens is 1. The number of amides is 1. The average Bonchev–Trinajstić information content (AvgIpc) is 3.49. The molecule has 7 nitrogen and oxygen atoms in total. The summed E-state index contributed by atoms with van der Waals surface area (Å²) in [6.45, 7) is 2.44. The molecule has 1 amide bonds. The van der Waals surface area contributed by atoms with E-state index in [9.17, 15) is 9.18 Å². The number of methoxy groups -OCH3 is 1. The van der Waals surface area contributed by atoms with Gasteiger partial charge >= 0.3 is 0 Å². The third-order valence-corrected chi connectivity index (χ3v) is 4.89. The lowest BCUT2D eigenvalue weighted by atomic mass is 10.0. The van der Waals surface area contributed by atoms with Crippen molar-refractivity contribution in [1.82, 2.24) is 20.8 Å². The number of ether oxygens (including phenoxy) is 1. The number of aromatic nitrogens is 2. The number of hydrogen-bond acceptors (Lipinski definition) is 6. The summed E-state index contributed by atoms with van der Waals surface area (Å²) < 4.78 is 23.7. The molecule has 4 rings (SSSR count). The molecular formula is C21H23FN4O3. The van der Waals surface area contributed by atoms with Gasteiger partial charge in [-0.05, 0) is 43.2 Å². The van der Waals surface area contributed by atoms with Gasteiger partial charge in [-0.3, -0.25) is 4.79 Å². The Balaban J connectivity index is 1.61. The smallest absolute Gasteiger partial charge is 0.259 e. The molecule has 0 spiro atoms. The Bertz CT molecular complexity index is 999. The minimum Gasteiger partial charge on any atom is -0.383 e. The van der Waals surface area contributed by atoms with Gasteiger partial charge in [0.15, 0.2) is 0 Å². The molecule has 2 N–H and O–H groups in total. The summed E-state index contributed by atoms with van der Waals surface area (Å²) in [5, 5.41) is 11.0. The standard InChI is InChI=1S/C21H23FN4O3/c1-28-11-10-23-8-9-24-20(27)16-12-17(13-4-6-15(22)7-5-13)25-21-18(16)19(26-29-21)14-2-3-14/h4-7,12,14,23H,2-3,8-11H2,1H3,(H,24,27). The molecule has 2 aromatic heterocycles. The molecule has 29 heavy (non-hydrogen) atoms. The highest BCUT2D eigenvalue weighted by atomic mass is 19.1. The van der Waals surface area contributed by atoms with Crippen LogP contribution < -0.4 is 10.6 Å². The topological polar surface area (TPSA) is 89.3 Å². The third kappa shape index (κ3) is 4.44. The van der Waals surface area contributed by atoms with Gasteiger partial charge in [0, 0.05) is 38.2 Å². The first-order chi connectivity index (χ1) is 14.2. The number of carbonyl (C=O) groups excluding carboxylic acids is 1. The minimum atomic E-state index is -0.329. The van der Waals surface area contributed by atoms with Crippen molar-refractivity contribution >= 4 is 17.0 Å². The SMILES string of the molecule is COCCNCCNC(=O)c1cc(-c2ccc(F)cc2)nc2onc(C3CC3)c12. The number of nitrogens with one attached hydrogen (secondary N) is 2. The van der Waals surface area contributed by atoms with Crippen LogP contribution in [0.15, 0.2) is 34.9 Å². The lowest BCUT2D eigenvalue weighted by Gasteiger charge is -2.09. The average molecular weight is 398 g/mol. The van der Waals surface area contributed by atoms with Crippen molar-refractivity contribution in [3.05, 3.63) is 47.4 Å². The zero-order valence-electron chi connectivity index (χ0n) is 16.2. The van der Waals surface area contributed by atoms with Crippen LogP contribution >= 0.6 is 0 Å². The van der Waals surface area contributed by atoms with Gasteiger partial charge in [0.05, 0.1) is 28.9 Å². The van der Waals surface area contributed by atoms with E-state index in [-0.39, 0.29) is 11.7 Å². The second-order valence-electron chi connectivity index (χ2n) is 7.08. The molecule has 1 fully saturated rings. The molecule has 8 heteroatoms. The van der Waals surface area contributed by atoms with E-state index < -0.39 is 0 Å². The number of fused-ring (bicyclic) bond motifs is 1. The molecule has 1 saturated carbocycles. The fourth-order valence-corrected chi connectivity index (χ4v) is 3.22. The monoisotopic (exact) mass is 398 g/mol. The van der Waals surface area contributed by atoms with Crippen molar-refractivity contribution in [2.45, 2.75) is 18.8 Å². The van der Waals surface area contributed by atoms with Gasteiger partial charge in [-0.25, -0.2) is 9.37 Å². The summed E-state index contributed by atoms with van der Waals surface area (Å²) in [5.41, 5.74) is 2.85. The van der Waals surface area contributed by atoms with Gasteiger partial charge in [-0.15, -0.1) is 0 Å². The first-order valence-electron chi connectivity index (χ1n) is 9.71. The molecule has 0 bridgehead atoms. The van der Waals surface area contributed by atoms with Gasteiger partial charge in [0.2, 0.25) is 0 Å². The van der Waals surface area contributed by atoms with E-state index >= 15 is 0 Å². The summed E-state index contributed by atoms with van der Waals surface area (Å²) in [6.07, 6.45) is 2.07. The fraction of sp³-hybridized carbons (Fsp3) is 0.381. The largest absolute Gasteiger partial charge is 0.383 e. The van der Waals surface area contributed by atoms with Gasteiger partial charge in [-0.2, -0.15) is 0 Å². The van der Waals surface area contributed by atoms with E-state index in [0.29, 0.717) is 53.5 Å². The number of rotatable bonds is 9. The van der Waals surface area contributed by atoms with Crippen molar-refractivity contribution in [2.75, 3.05) is 33.4 Å². The summed E-state index contributed by atoms with van der Waals surface area (Å²) in [4.78, 5) is 17.5. The minimum absolute atomic E-state index is 0.209. The first-order valence-corrected chi connectivity index (χ1v) is 9.71. The molecule has 152 valence electrons. The number of hydrogen-bond donors (Lipinski definition) is 2. The molecule has 0 atom stereocenters. The molecule has 2 heterocycles. The van der Waals surface area contributed by atoms with Crippen LogP contribution in [0.25, 0.3) is 22.4 Å². The molecule has 1 aliphatic carbocycles. The lowest BCUT2D eigenvalue weighted by molar-refractivity contribution is 0.0955. The van der Waals surface area contributed by atoms with Crippen LogP contribution in [0.5, 0.6) is 0 Å².